The van der Waals surface area contributed by atoms with Crippen LogP contribution in [0.1, 0.15) is 12.8 Å². The molecule has 0 saturated heterocycles. The Hall–Kier alpha value is 0.211. The second-order valence-electron chi connectivity index (χ2n) is 6.05. The Morgan fingerprint density at radius 3 is 1.77 bits per heavy atom. The number of rotatable bonds is 17. The van der Waals surface area contributed by atoms with Gasteiger partial charge in [0.25, 0.3) is 0 Å². The molecule has 0 aromatic rings. The maximum absolute atomic E-state index is 10.7. The molecule has 0 rings (SSSR count). The van der Waals surface area contributed by atoms with Gasteiger partial charge in [-0.2, -0.15) is 0 Å². The predicted molar refractivity (Wildman–Crippen MR) is 104 cm³/mol. The van der Waals surface area contributed by atoms with Crippen molar-refractivity contribution in [2.75, 3.05) is 46.4 Å². The largest absolute Gasteiger partial charge is 0.488 e. The lowest BCUT2D eigenvalue weighted by molar-refractivity contribution is 0.114. The van der Waals surface area contributed by atoms with E-state index < -0.39 is 26.4 Å². The molecule has 0 aliphatic rings. The summed E-state index contributed by atoms with van der Waals surface area (Å²) in [5.74, 6) is 0. The van der Waals surface area contributed by atoms with Crippen LogP contribution < -0.4 is 22.1 Å². The molecule has 2 atom stereocenters. The van der Waals surface area contributed by atoms with Crippen LogP contribution in [0, 0.1) is 0 Å². The number of hydrogen-bond donors (Lipinski definition) is 8. The quantitative estimate of drug-likeness (QED) is 0.0862. The smallest absolute Gasteiger partial charge is 0.391 e. The molecule has 0 heterocycles. The minimum Gasteiger partial charge on any atom is -0.391 e. The zero-order valence-electron chi connectivity index (χ0n) is 15.7. The number of hydrogen-bond acceptors (Lipinski definition) is 11. The van der Waals surface area contributed by atoms with Crippen LogP contribution in [0.15, 0.2) is 0 Å². The van der Waals surface area contributed by atoms with Crippen molar-refractivity contribution in [3.63, 3.8) is 0 Å². The molecule has 26 heavy (non-hydrogen) atoms. The number of nitrogens with two attached hydrogens (primary N) is 2. The summed E-state index contributed by atoms with van der Waals surface area (Å²) in [5.41, 5.74) is 10.8. The van der Waals surface area contributed by atoms with Crippen LogP contribution in [0.4, 0.5) is 0 Å². The average molecular weight is 433 g/mol. The fourth-order valence-corrected chi connectivity index (χ4v) is 9.87. The third-order valence-electron chi connectivity index (χ3n) is 3.40. The van der Waals surface area contributed by atoms with E-state index in [1.165, 1.54) is 13.7 Å². The second-order valence-corrected chi connectivity index (χ2v) is 13.8. The normalized spacial score (nSPS) is 17.1. The summed E-state index contributed by atoms with van der Waals surface area (Å²) in [6, 6.07) is 0.0454. The van der Waals surface area contributed by atoms with Crippen LogP contribution in [-0.2, 0) is 12.7 Å². The first kappa shape index (κ1) is 26.2. The van der Waals surface area contributed by atoms with Crippen LogP contribution in [0.5, 0.6) is 0 Å². The first-order valence-corrected chi connectivity index (χ1v) is 15.0. The van der Waals surface area contributed by atoms with Crippen molar-refractivity contribution in [3.8, 4) is 0 Å². The first-order valence-electron chi connectivity index (χ1n) is 8.76. The Morgan fingerprint density at radius 1 is 0.808 bits per heavy atom. The highest BCUT2D eigenvalue weighted by molar-refractivity contribution is 6.78. The molecule has 0 fully saturated rings. The molecule has 0 aromatic carbocycles. The highest BCUT2D eigenvalue weighted by Gasteiger charge is 2.52. The molecular formula is C12H36N4O7Si3. The maximum Gasteiger partial charge on any atom is 0.488 e. The van der Waals surface area contributed by atoms with Gasteiger partial charge in [-0.3, -0.25) is 0 Å². The topological polar surface area (TPSA) is 185 Å². The van der Waals surface area contributed by atoms with Crippen LogP contribution in [0.25, 0.3) is 0 Å². The Kier molecular flexibility index (Phi) is 13.5. The molecule has 10 N–H and O–H groups in total. The van der Waals surface area contributed by atoms with Crippen LogP contribution >= 0.6 is 0 Å². The van der Waals surface area contributed by atoms with Crippen molar-refractivity contribution in [2.45, 2.75) is 31.5 Å². The zero-order valence-corrected chi connectivity index (χ0v) is 18.7. The summed E-state index contributed by atoms with van der Waals surface area (Å²) < 4.78 is 15.5. The summed E-state index contributed by atoms with van der Waals surface area (Å²) in [6.07, 6.45) is 0.902. The molecule has 0 spiro atoms. The van der Waals surface area contributed by atoms with E-state index in [4.69, 9.17) is 24.1 Å². The van der Waals surface area contributed by atoms with Gasteiger partial charge in [-0.1, -0.05) is 0 Å². The Labute approximate surface area is 158 Å². The minimum absolute atomic E-state index is 0.00859. The van der Waals surface area contributed by atoms with Gasteiger partial charge in [0.1, 0.15) is 0 Å². The number of nitrogens with one attached hydrogen (secondary N) is 2. The molecule has 0 aromatic heterocycles. The molecule has 0 saturated carbocycles. The van der Waals surface area contributed by atoms with Crippen molar-refractivity contribution >= 4 is 26.4 Å². The molecular weight excluding hydrogens is 396 g/mol. The monoisotopic (exact) mass is 432 g/mol. The van der Waals surface area contributed by atoms with Gasteiger partial charge < -0.3 is 53.9 Å². The van der Waals surface area contributed by atoms with Crippen LogP contribution in [-0.4, -0.2) is 92.0 Å². The molecule has 0 bridgehead atoms. The van der Waals surface area contributed by atoms with E-state index in [-0.39, 0.29) is 12.1 Å². The lowest BCUT2D eigenvalue weighted by atomic mass is 10.5. The molecule has 158 valence electrons. The SMILES string of the molecule is CO[Si](C)(O)O[Si](O)(CCCNCCN)O[Si](O)(O)CCCNCCN. The van der Waals surface area contributed by atoms with E-state index >= 15 is 0 Å². The second kappa shape index (κ2) is 13.4. The van der Waals surface area contributed by atoms with E-state index in [9.17, 15) is 19.2 Å². The van der Waals surface area contributed by atoms with Gasteiger partial charge in [-0.25, -0.2) is 0 Å². The predicted octanol–water partition coefficient (Wildman–Crippen LogP) is -3.04. The van der Waals surface area contributed by atoms with Crippen LogP contribution in [0.2, 0.25) is 18.6 Å². The summed E-state index contributed by atoms with van der Waals surface area (Å²) >= 11 is 0. The van der Waals surface area contributed by atoms with Gasteiger partial charge in [0.15, 0.2) is 0 Å². The van der Waals surface area contributed by atoms with E-state index in [1.807, 2.05) is 0 Å². The van der Waals surface area contributed by atoms with Crippen LogP contribution in [0.3, 0.4) is 0 Å². The van der Waals surface area contributed by atoms with Gasteiger partial charge in [-0.05, 0) is 25.9 Å². The highest BCUT2D eigenvalue weighted by Crippen LogP contribution is 2.22. The molecule has 11 nitrogen and oxygen atoms in total. The van der Waals surface area contributed by atoms with Crippen molar-refractivity contribution in [3.05, 3.63) is 0 Å². The van der Waals surface area contributed by atoms with E-state index in [0.717, 1.165) is 0 Å². The minimum atomic E-state index is -4.16. The Morgan fingerprint density at radius 2 is 1.31 bits per heavy atom. The average Bonchev–Trinajstić information content (AvgIpc) is 2.53. The summed E-state index contributed by atoms with van der Waals surface area (Å²) in [7, 11) is -10.6. The maximum atomic E-state index is 10.7. The van der Waals surface area contributed by atoms with Crippen molar-refractivity contribution < 1.29 is 31.8 Å². The summed E-state index contributed by atoms with van der Waals surface area (Å²) in [5, 5.41) is 6.10. The Bertz CT molecular complexity index is 372. The highest BCUT2D eigenvalue weighted by atomic mass is 28.5. The van der Waals surface area contributed by atoms with Gasteiger partial charge in [0, 0.05) is 51.9 Å². The van der Waals surface area contributed by atoms with Gasteiger partial charge in [-0.15, -0.1) is 0 Å². The van der Waals surface area contributed by atoms with Crippen molar-refractivity contribution in [2.24, 2.45) is 11.5 Å². The standard InChI is InChI=1S/C12H36N4O7Si3/c1-21-24(2,17)22-26(20,12-4-8-16-10-6-14)23-25(18,19)11-3-7-15-9-5-13/h15-20H,3-14H2,1-2H3. The van der Waals surface area contributed by atoms with Gasteiger partial charge in [0.05, 0.1) is 0 Å². The lowest BCUT2D eigenvalue weighted by Crippen LogP contribution is -2.60. The van der Waals surface area contributed by atoms with E-state index in [0.29, 0.717) is 52.1 Å². The summed E-state index contributed by atoms with van der Waals surface area (Å²) in [6.45, 7) is 4.66. The fourth-order valence-electron chi connectivity index (χ4n) is 2.10. The van der Waals surface area contributed by atoms with Crippen molar-refractivity contribution in [1.82, 2.24) is 10.6 Å². The van der Waals surface area contributed by atoms with Gasteiger partial charge >= 0.3 is 26.4 Å². The summed E-state index contributed by atoms with van der Waals surface area (Å²) in [4.78, 5) is 41.2. The molecule has 0 aliphatic heterocycles. The fraction of sp³-hybridized carbons (Fsp3) is 1.00. The third kappa shape index (κ3) is 13.4. The Balaban J connectivity index is 4.69. The molecule has 0 aliphatic carbocycles. The molecule has 0 amide bonds. The third-order valence-corrected chi connectivity index (χ3v) is 11.5. The van der Waals surface area contributed by atoms with Crippen molar-refractivity contribution in [1.29, 1.82) is 0 Å². The zero-order chi connectivity index (χ0) is 20.1. The molecule has 2 unspecified atom stereocenters. The first-order chi connectivity index (χ1) is 12.1. The van der Waals surface area contributed by atoms with Gasteiger partial charge in [0.2, 0.25) is 0 Å². The van der Waals surface area contributed by atoms with E-state index in [2.05, 4.69) is 10.6 Å². The lowest BCUT2D eigenvalue weighted by Gasteiger charge is -2.33. The molecule has 0 radical (unpaired) electrons. The van der Waals surface area contributed by atoms with E-state index in [1.54, 1.807) is 0 Å². The molecule has 14 heteroatoms.